The number of hydrogen-bond acceptors (Lipinski definition) is 5. The van der Waals surface area contributed by atoms with Gasteiger partial charge in [-0.25, -0.2) is 9.50 Å². The fourth-order valence-electron chi connectivity index (χ4n) is 4.13. The van der Waals surface area contributed by atoms with E-state index in [0.717, 1.165) is 29.7 Å². The van der Waals surface area contributed by atoms with E-state index in [0.29, 0.717) is 41.5 Å². The average molecular weight is 481 g/mol. The number of amides is 1. The second-order valence-electron chi connectivity index (χ2n) is 8.19. The van der Waals surface area contributed by atoms with Crippen LogP contribution in [0.2, 0.25) is 5.02 Å². The van der Waals surface area contributed by atoms with Crippen molar-refractivity contribution < 1.29 is 18.0 Å². The van der Waals surface area contributed by atoms with E-state index in [2.05, 4.69) is 20.0 Å². The molecule has 7 nitrogen and oxygen atoms in total. The van der Waals surface area contributed by atoms with Crippen molar-refractivity contribution in [2.75, 3.05) is 26.2 Å². The molecule has 1 aliphatic rings. The van der Waals surface area contributed by atoms with Gasteiger partial charge in [0.15, 0.2) is 0 Å². The summed E-state index contributed by atoms with van der Waals surface area (Å²) in [5, 5.41) is 4.27. The van der Waals surface area contributed by atoms with Gasteiger partial charge < -0.3 is 4.90 Å². The van der Waals surface area contributed by atoms with Crippen LogP contribution in [0.15, 0.2) is 24.3 Å². The number of nitrogens with zero attached hydrogens (tertiary/aromatic N) is 6. The highest BCUT2D eigenvalue weighted by Crippen LogP contribution is 2.27. The second-order valence-corrected chi connectivity index (χ2v) is 8.63. The highest BCUT2D eigenvalue weighted by Gasteiger charge is 2.37. The summed E-state index contributed by atoms with van der Waals surface area (Å²) in [5.41, 5.74) is 2.92. The fraction of sp³-hybridized carbons (Fsp3) is 0.455. The largest absolute Gasteiger partial charge is 0.453 e. The number of hydrogen-bond donors (Lipinski definition) is 0. The van der Waals surface area contributed by atoms with Crippen LogP contribution in [0.1, 0.15) is 34.8 Å². The Labute approximate surface area is 194 Å². The number of piperazine rings is 1. The monoisotopic (exact) mass is 480 g/mol. The van der Waals surface area contributed by atoms with E-state index >= 15 is 0 Å². The van der Waals surface area contributed by atoms with Gasteiger partial charge in [-0.3, -0.25) is 9.69 Å². The zero-order valence-electron chi connectivity index (χ0n) is 18.4. The minimum Gasteiger partial charge on any atom is -0.340 e. The third-order valence-electron chi connectivity index (χ3n) is 5.91. The highest BCUT2D eigenvalue weighted by molar-refractivity contribution is 6.30. The second kappa shape index (κ2) is 9.26. The van der Waals surface area contributed by atoms with Crippen molar-refractivity contribution in [2.24, 2.45) is 0 Å². The molecule has 4 rings (SSSR count). The molecule has 0 radical (unpaired) electrons. The Bertz CT molecular complexity index is 1170. The number of carbonyl (C=O) groups excluding carboxylic acids is 1. The molecular weight excluding hydrogens is 457 g/mol. The number of aromatic nitrogens is 4. The minimum atomic E-state index is -4.64. The first kappa shape index (κ1) is 23.4. The van der Waals surface area contributed by atoms with Gasteiger partial charge in [0.25, 0.3) is 11.6 Å². The van der Waals surface area contributed by atoms with Gasteiger partial charge in [-0.1, -0.05) is 23.7 Å². The summed E-state index contributed by atoms with van der Waals surface area (Å²) in [7, 11) is 0. The van der Waals surface area contributed by atoms with Crippen LogP contribution >= 0.6 is 11.6 Å². The molecule has 176 valence electrons. The number of aryl methyl sites for hydroxylation is 2. The van der Waals surface area contributed by atoms with Crippen LogP contribution in [0.5, 0.6) is 0 Å². The summed E-state index contributed by atoms with van der Waals surface area (Å²) in [4.78, 5) is 24.6. The van der Waals surface area contributed by atoms with E-state index in [1.54, 1.807) is 13.8 Å². The highest BCUT2D eigenvalue weighted by atomic mass is 35.5. The lowest BCUT2D eigenvalue weighted by atomic mass is 10.1. The van der Waals surface area contributed by atoms with Crippen molar-refractivity contribution in [1.82, 2.24) is 29.4 Å². The van der Waals surface area contributed by atoms with Gasteiger partial charge in [0.05, 0.1) is 0 Å². The van der Waals surface area contributed by atoms with Crippen LogP contribution in [0, 0.1) is 13.8 Å². The van der Waals surface area contributed by atoms with Gasteiger partial charge in [0.1, 0.15) is 0 Å². The van der Waals surface area contributed by atoms with E-state index < -0.39 is 12.0 Å². The Balaban J connectivity index is 1.36. The van der Waals surface area contributed by atoms with Gasteiger partial charge in [-0.05, 0) is 43.5 Å². The lowest BCUT2D eigenvalue weighted by Gasteiger charge is -2.35. The SMILES string of the molecule is Cc1nc2nc(C(F)(F)F)nn2c(C)c1CCC(=O)N1CCN(Cc2cccc(Cl)c2)CC1. The number of alkyl halides is 3. The molecule has 0 bridgehead atoms. The molecular formula is C22H24ClF3N6O. The molecule has 0 spiro atoms. The molecule has 0 aliphatic carbocycles. The van der Waals surface area contributed by atoms with Crippen molar-refractivity contribution >= 4 is 23.3 Å². The van der Waals surface area contributed by atoms with Crippen molar-refractivity contribution in [3.05, 3.63) is 57.6 Å². The average Bonchev–Trinajstić information content (AvgIpc) is 3.19. The molecule has 2 aromatic heterocycles. The smallest absolute Gasteiger partial charge is 0.340 e. The number of benzene rings is 1. The quantitative estimate of drug-likeness (QED) is 0.557. The van der Waals surface area contributed by atoms with Crippen molar-refractivity contribution in [3.8, 4) is 0 Å². The molecule has 0 N–H and O–H groups in total. The Hall–Kier alpha value is -2.72. The zero-order chi connectivity index (χ0) is 23.8. The first-order valence-corrected chi connectivity index (χ1v) is 11.0. The van der Waals surface area contributed by atoms with Gasteiger partial charge in [0.2, 0.25) is 5.91 Å². The first-order valence-electron chi connectivity index (χ1n) is 10.7. The fourth-order valence-corrected chi connectivity index (χ4v) is 4.34. The van der Waals surface area contributed by atoms with E-state index in [-0.39, 0.29) is 18.1 Å². The van der Waals surface area contributed by atoms with Gasteiger partial charge in [-0.2, -0.15) is 18.2 Å². The molecule has 0 saturated carbocycles. The molecule has 0 unspecified atom stereocenters. The van der Waals surface area contributed by atoms with Crippen LogP contribution in [-0.2, 0) is 23.9 Å². The molecule has 1 amide bonds. The predicted molar refractivity (Wildman–Crippen MR) is 117 cm³/mol. The predicted octanol–water partition coefficient (Wildman–Crippen LogP) is 3.69. The summed E-state index contributed by atoms with van der Waals surface area (Å²) < 4.78 is 40.0. The lowest BCUT2D eigenvalue weighted by molar-refractivity contribution is -0.144. The van der Waals surface area contributed by atoms with Crippen LogP contribution in [-0.4, -0.2) is 61.5 Å². The topological polar surface area (TPSA) is 66.6 Å². The molecule has 3 heterocycles. The number of fused-ring (bicyclic) bond motifs is 1. The van der Waals surface area contributed by atoms with Crippen molar-refractivity contribution in [2.45, 2.75) is 39.4 Å². The summed E-state index contributed by atoms with van der Waals surface area (Å²) in [6, 6.07) is 7.75. The number of carbonyl (C=O) groups is 1. The first-order chi connectivity index (χ1) is 15.6. The van der Waals surface area contributed by atoms with Crippen LogP contribution in [0.4, 0.5) is 13.2 Å². The molecule has 1 fully saturated rings. The lowest BCUT2D eigenvalue weighted by Crippen LogP contribution is -2.48. The van der Waals surface area contributed by atoms with E-state index in [9.17, 15) is 18.0 Å². The molecule has 1 aromatic carbocycles. The van der Waals surface area contributed by atoms with Crippen LogP contribution < -0.4 is 0 Å². The van der Waals surface area contributed by atoms with Gasteiger partial charge in [-0.15, -0.1) is 5.10 Å². The van der Waals surface area contributed by atoms with Gasteiger partial charge >= 0.3 is 6.18 Å². The van der Waals surface area contributed by atoms with Crippen molar-refractivity contribution in [1.29, 1.82) is 0 Å². The zero-order valence-corrected chi connectivity index (χ0v) is 19.1. The maximum Gasteiger partial charge on any atom is 0.453 e. The molecule has 1 aliphatic heterocycles. The third-order valence-corrected chi connectivity index (χ3v) is 6.15. The van der Waals surface area contributed by atoms with E-state index in [1.165, 1.54) is 0 Å². The van der Waals surface area contributed by atoms with E-state index in [1.807, 2.05) is 29.2 Å². The van der Waals surface area contributed by atoms with Crippen LogP contribution in [0.3, 0.4) is 0 Å². The number of halogens is 4. The molecule has 11 heteroatoms. The number of rotatable bonds is 5. The van der Waals surface area contributed by atoms with Crippen molar-refractivity contribution in [3.63, 3.8) is 0 Å². The molecule has 0 atom stereocenters. The molecule has 3 aromatic rings. The molecule has 1 saturated heterocycles. The Kier molecular flexibility index (Phi) is 6.58. The Morgan fingerprint density at radius 1 is 1.12 bits per heavy atom. The Morgan fingerprint density at radius 2 is 1.85 bits per heavy atom. The molecule has 33 heavy (non-hydrogen) atoms. The van der Waals surface area contributed by atoms with Crippen LogP contribution in [0.25, 0.3) is 5.78 Å². The summed E-state index contributed by atoms with van der Waals surface area (Å²) in [5.74, 6) is -1.30. The maximum absolute atomic E-state index is 13.0. The summed E-state index contributed by atoms with van der Waals surface area (Å²) >= 11 is 6.05. The summed E-state index contributed by atoms with van der Waals surface area (Å²) in [6.45, 7) is 6.96. The maximum atomic E-state index is 13.0. The third kappa shape index (κ3) is 5.27. The Morgan fingerprint density at radius 3 is 2.52 bits per heavy atom. The van der Waals surface area contributed by atoms with E-state index in [4.69, 9.17) is 11.6 Å². The summed E-state index contributed by atoms with van der Waals surface area (Å²) in [6.07, 6.45) is -4.01. The standard InChI is InChI=1S/C22H24ClF3N6O/c1-14-18(15(2)32-21(27-14)28-20(29-32)22(24,25)26)6-7-19(33)31-10-8-30(9-11-31)13-16-4-3-5-17(23)12-16/h3-5,12H,6-11,13H2,1-2H3. The van der Waals surface area contributed by atoms with Gasteiger partial charge in [0, 0.05) is 55.6 Å². The minimum absolute atomic E-state index is 0.0193. The normalized spacial score (nSPS) is 15.4.